The monoisotopic (exact) mass is 359 g/mol. The van der Waals surface area contributed by atoms with Gasteiger partial charge in [-0.05, 0) is 49.2 Å². The van der Waals surface area contributed by atoms with Gasteiger partial charge in [-0.25, -0.2) is 5.43 Å². The second-order valence-electron chi connectivity index (χ2n) is 4.97. The van der Waals surface area contributed by atoms with Crippen molar-refractivity contribution in [1.82, 2.24) is 5.43 Å². The molecule has 0 fully saturated rings. The van der Waals surface area contributed by atoms with Gasteiger partial charge in [-0.15, -0.1) is 0 Å². The van der Waals surface area contributed by atoms with Crippen molar-refractivity contribution in [1.29, 1.82) is 0 Å². The number of amides is 1. The van der Waals surface area contributed by atoms with Crippen LogP contribution in [0, 0.1) is 6.92 Å². The minimum atomic E-state index is -0.184. The number of rotatable bonds is 5. The Hall–Kier alpha value is -2.14. The molecule has 0 aliphatic heterocycles. The standard InChI is InChI=1S/C17H18BrN3O/c1-12-5-3-8-16(9-12)19-11-17(22)21-20-13(2)14-6-4-7-15(18)10-14/h3-10,19H,11H2,1-2H3,(H,21,22). The average molecular weight is 360 g/mol. The van der Waals surface area contributed by atoms with Gasteiger partial charge in [0.2, 0.25) is 0 Å². The van der Waals surface area contributed by atoms with Crippen LogP contribution in [0.1, 0.15) is 18.1 Å². The molecule has 0 radical (unpaired) electrons. The van der Waals surface area contributed by atoms with Gasteiger partial charge in [0, 0.05) is 10.2 Å². The summed E-state index contributed by atoms with van der Waals surface area (Å²) in [6.45, 7) is 4.05. The van der Waals surface area contributed by atoms with Crippen molar-refractivity contribution < 1.29 is 4.79 Å². The van der Waals surface area contributed by atoms with Gasteiger partial charge in [0.25, 0.3) is 5.91 Å². The predicted molar refractivity (Wildman–Crippen MR) is 94.2 cm³/mol. The number of carbonyl (C=O) groups excluding carboxylic acids is 1. The maximum atomic E-state index is 11.8. The van der Waals surface area contributed by atoms with Crippen molar-refractivity contribution in [3.8, 4) is 0 Å². The molecule has 2 N–H and O–H groups in total. The van der Waals surface area contributed by atoms with E-state index in [2.05, 4.69) is 31.8 Å². The lowest BCUT2D eigenvalue weighted by Crippen LogP contribution is -2.26. The lowest BCUT2D eigenvalue weighted by atomic mass is 10.1. The van der Waals surface area contributed by atoms with Crippen LogP contribution in [0.15, 0.2) is 58.1 Å². The van der Waals surface area contributed by atoms with Crippen molar-refractivity contribution >= 4 is 33.2 Å². The zero-order valence-electron chi connectivity index (χ0n) is 12.6. The van der Waals surface area contributed by atoms with Gasteiger partial charge in [0.05, 0.1) is 12.3 Å². The van der Waals surface area contributed by atoms with Crippen LogP contribution in [0.5, 0.6) is 0 Å². The van der Waals surface area contributed by atoms with Gasteiger partial charge in [-0.1, -0.05) is 40.2 Å². The van der Waals surface area contributed by atoms with Gasteiger partial charge in [0.15, 0.2) is 0 Å². The number of hydrazone groups is 1. The quantitative estimate of drug-likeness (QED) is 0.631. The maximum absolute atomic E-state index is 11.8. The second kappa shape index (κ2) is 7.75. The van der Waals surface area contributed by atoms with E-state index in [0.717, 1.165) is 27.0 Å². The summed E-state index contributed by atoms with van der Waals surface area (Å²) >= 11 is 3.41. The molecule has 0 aliphatic rings. The van der Waals surface area contributed by atoms with Crippen LogP contribution in [0.2, 0.25) is 0 Å². The Morgan fingerprint density at radius 2 is 1.95 bits per heavy atom. The van der Waals surface area contributed by atoms with Crippen molar-refractivity contribution in [3.63, 3.8) is 0 Å². The summed E-state index contributed by atoms with van der Waals surface area (Å²) in [4.78, 5) is 11.8. The Morgan fingerprint density at radius 3 is 2.68 bits per heavy atom. The summed E-state index contributed by atoms with van der Waals surface area (Å²) in [7, 11) is 0. The Labute approximate surface area is 138 Å². The van der Waals surface area contributed by atoms with Crippen LogP contribution in [0.4, 0.5) is 5.69 Å². The first-order valence-corrected chi connectivity index (χ1v) is 7.73. The normalized spacial score (nSPS) is 11.1. The van der Waals surface area contributed by atoms with Gasteiger partial charge < -0.3 is 5.32 Å². The summed E-state index contributed by atoms with van der Waals surface area (Å²) in [6, 6.07) is 15.7. The first-order valence-electron chi connectivity index (χ1n) is 6.94. The number of benzene rings is 2. The van der Waals surface area contributed by atoms with Crippen molar-refractivity contribution in [3.05, 3.63) is 64.1 Å². The van der Waals surface area contributed by atoms with Crippen LogP contribution < -0.4 is 10.7 Å². The van der Waals surface area contributed by atoms with Crippen LogP contribution in [0.25, 0.3) is 0 Å². The molecule has 22 heavy (non-hydrogen) atoms. The van der Waals surface area contributed by atoms with Crippen molar-refractivity contribution in [2.24, 2.45) is 5.10 Å². The van der Waals surface area contributed by atoms with E-state index < -0.39 is 0 Å². The van der Waals surface area contributed by atoms with E-state index in [4.69, 9.17) is 0 Å². The molecule has 1 amide bonds. The highest BCUT2D eigenvalue weighted by molar-refractivity contribution is 9.10. The molecule has 5 heteroatoms. The van der Waals surface area contributed by atoms with Crippen molar-refractivity contribution in [2.75, 3.05) is 11.9 Å². The minimum Gasteiger partial charge on any atom is -0.376 e. The molecule has 2 aromatic rings. The second-order valence-corrected chi connectivity index (χ2v) is 5.88. The zero-order valence-corrected chi connectivity index (χ0v) is 14.1. The number of hydrogen-bond acceptors (Lipinski definition) is 3. The highest BCUT2D eigenvalue weighted by Gasteiger charge is 2.02. The first-order chi connectivity index (χ1) is 10.5. The number of halogens is 1. The summed E-state index contributed by atoms with van der Waals surface area (Å²) in [5, 5.41) is 7.19. The van der Waals surface area contributed by atoms with E-state index in [0.29, 0.717) is 0 Å². The van der Waals surface area contributed by atoms with Gasteiger partial charge in [0.1, 0.15) is 0 Å². The fraction of sp³-hybridized carbons (Fsp3) is 0.176. The third-order valence-corrected chi connectivity index (χ3v) is 3.56. The molecule has 114 valence electrons. The summed E-state index contributed by atoms with van der Waals surface area (Å²) < 4.78 is 0.979. The van der Waals surface area contributed by atoms with Crippen LogP contribution in [0.3, 0.4) is 0 Å². The summed E-state index contributed by atoms with van der Waals surface area (Å²) in [5.74, 6) is -0.184. The lowest BCUT2D eigenvalue weighted by molar-refractivity contribution is -0.119. The Morgan fingerprint density at radius 1 is 1.18 bits per heavy atom. The molecule has 2 aromatic carbocycles. The van der Waals surface area contributed by atoms with E-state index in [-0.39, 0.29) is 12.5 Å². The molecule has 0 aliphatic carbocycles. The fourth-order valence-electron chi connectivity index (χ4n) is 1.90. The number of carbonyl (C=O) groups is 1. The van der Waals surface area contributed by atoms with Gasteiger partial charge in [-0.3, -0.25) is 4.79 Å². The Kier molecular flexibility index (Phi) is 5.72. The molecule has 0 aromatic heterocycles. The number of nitrogens with zero attached hydrogens (tertiary/aromatic N) is 1. The number of hydrogen-bond donors (Lipinski definition) is 2. The lowest BCUT2D eigenvalue weighted by Gasteiger charge is -2.07. The average Bonchev–Trinajstić information content (AvgIpc) is 2.50. The molecule has 2 rings (SSSR count). The molecule has 0 saturated heterocycles. The van der Waals surface area contributed by atoms with E-state index in [1.807, 2.05) is 62.4 Å². The molecule has 0 spiro atoms. The smallest absolute Gasteiger partial charge is 0.259 e. The third-order valence-electron chi connectivity index (χ3n) is 3.06. The number of anilines is 1. The molecule has 0 atom stereocenters. The van der Waals surface area contributed by atoms with Gasteiger partial charge in [-0.2, -0.15) is 5.10 Å². The van der Waals surface area contributed by atoms with Crippen LogP contribution in [-0.4, -0.2) is 18.2 Å². The number of aryl methyl sites for hydroxylation is 1. The van der Waals surface area contributed by atoms with Crippen LogP contribution in [-0.2, 0) is 4.79 Å². The largest absolute Gasteiger partial charge is 0.376 e. The minimum absolute atomic E-state index is 0.179. The first kappa shape index (κ1) is 16.2. The summed E-state index contributed by atoms with van der Waals surface area (Å²) in [5.41, 5.74) is 6.34. The third kappa shape index (κ3) is 5.00. The highest BCUT2D eigenvalue weighted by atomic mass is 79.9. The molecule has 0 bridgehead atoms. The Bertz CT molecular complexity index is 698. The topological polar surface area (TPSA) is 53.5 Å². The van der Waals surface area contributed by atoms with E-state index >= 15 is 0 Å². The molecule has 0 heterocycles. The van der Waals surface area contributed by atoms with Gasteiger partial charge >= 0.3 is 0 Å². The fourth-order valence-corrected chi connectivity index (χ4v) is 2.30. The molecular formula is C17H18BrN3O. The highest BCUT2D eigenvalue weighted by Crippen LogP contribution is 2.12. The maximum Gasteiger partial charge on any atom is 0.259 e. The van der Waals surface area contributed by atoms with E-state index in [1.54, 1.807) is 0 Å². The number of nitrogens with one attached hydrogen (secondary N) is 2. The van der Waals surface area contributed by atoms with Crippen LogP contribution >= 0.6 is 15.9 Å². The van der Waals surface area contributed by atoms with Crippen molar-refractivity contribution in [2.45, 2.75) is 13.8 Å². The molecule has 4 nitrogen and oxygen atoms in total. The zero-order chi connectivity index (χ0) is 15.9. The van der Waals surface area contributed by atoms with E-state index in [9.17, 15) is 4.79 Å². The van der Waals surface area contributed by atoms with E-state index in [1.165, 1.54) is 0 Å². The SMILES string of the molecule is CC(=NNC(=O)CNc1cccc(C)c1)c1cccc(Br)c1. The Balaban J connectivity index is 1.88. The molecular weight excluding hydrogens is 342 g/mol. The predicted octanol–water partition coefficient (Wildman–Crippen LogP) is 3.71. The molecule has 0 unspecified atom stereocenters. The molecule has 0 saturated carbocycles. The summed E-state index contributed by atoms with van der Waals surface area (Å²) in [6.07, 6.45) is 0.